The van der Waals surface area contributed by atoms with Gasteiger partial charge in [-0.2, -0.15) is 0 Å². The van der Waals surface area contributed by atoms with Crippen LogP contribution < -0.4 is 0 Å². The summed E-state index contributed by atoms with van der Waals surface area (Å²) in [7, 11) is 1.82. The monoisotopic (exact) mass is 268 g/mol. The highest BCUT2D eigenvalue weighted by molar-refractivity contribution is 5.15. The molecule has 2 N–H and O–H groups in total. The third-order valence-electron chi connectivity index (χ3n) is 6.90. The molecule has 2 bridgehead atoms. The summed E-state index contributed by atoms with van der Waals surface area (Å²) in [4.78, 5) is 0. The highest BCUT2D eigenvalue weighted by Gasteiger charge is 2.66. The van der Waals surface area contributed by atoms with Crippen molar-refractivity contribution in [3.05, 3.63) is 0 Å². The standard InChI is InChI=1S/C16H28O3/c1-14-6-4-11-15(2,10-17)8-13(19-3)16(11,9-14)7-5-12(14)18/h11-13,17-18H,4-10H2,1-3H3/t11-,12+,13-,14-,15-,16-/m0/s1. The molecule has 0 unspecified atom stereocenters. The van der Waals surface area contributed by atoms with Crippen molar-refractivity contribution in [3.63, 3.8) is 0 Å². The molecule has 0 aliphatic heterocycles. The van der Waals surface area contributed by atoms with Crippen molar-refractivity contribution in [2.45, 2.75) is 64.6 Å². The van der Waals surface area contributed by atoms with Crippen LogP contribution in [0.1, 0.15) is 52.4 Å². The van der Waals surface area contributed by atoms with E-state index in [2.05, 4.69) is 13.8 Å². The van der Waals surface area contributed by atoms with Gasteiger partial charge in [0, 0.05) is 19.1 Å². The molecule has 1 spiro atoms. The van der Waals surface area contributed by atoms with Crippen LogP contribution >= 0.6 is 0 Å². The predicted octanol–water partition coefficient (Wildman–Crippen LogP) is 2.35. The summed E-state index contributed by atoms with van der Waals surface area (Å²) in [5, 5.41) is 20.2. The van der Waals surface area contributed by atoms with Crippen molar-refractivity contribution >= 4 is 0 Å². The fraction of sp³-hybridized carbons (Fsp3) is 1.00. The molecule has 3 fully saturated rings. The zero-order chi connectivity index (χ0) is 13.9. The smallest absolute Gasteiger partial charge is 0.0636 e. The molecule has 3 heteroatoms. The Labute approximate surface area is 116 Å². The first-order valence-electron chi connectivity index (χ1n) is 7.72. The molecule has 0 radical (unpaired) electrons. The van der Waals surface area contributed by atoms with Crippen LogP contribution in [0.4, 0.5) is 0 Å². The van der Waals surface area contributed by atoms with E-state index in [4.69, 9.17) is 4.74 Å². The Bertz CT molecular complexity index is 371. The molecular formula is C16H28O3. The first-order valence-corrected chi connectivity index (χ1v) is 7.72. The van der Waals surface area contributed by atoms with E-state index in [9.17, 15) is 10.2 Å². The van der Waals surface area contributed by atoms with Crippen molar-refractivity contribution in [1.29, 1.82) is 0 Å². The highest BCUT2D eigenvalue weighted by Crippen LogP contribution is 2.69. The van der Waals surface area contributed by atoms with E-state index in [0.29, 0.717) is 5.92 Å². The molecule has 3 nitrogen and oxygen atoms in total. The maximum absolute atomic E-state index is 10.4. The molecule has 3 aliphatic rings. The Balaban J connectivity index is 2.00. The van der Waals surface area contributed by atoms with Gasteiger partial charge in [-0.1, -0.05) is 13.8 Å². The molecule has 3 rings (SSSR count). The van der Waals surface area contributed by atoms with Crippen molar-refractivity contribution in [2.24, 2.45) is 22.2 Å². The van der Waals surface area contributed by atoms with Gasteiger partial charge in [0.1, 0.15) is 0 Å². The lowest BCUT2D eigenvalue weighted by molar-refractivity contribution is -0.152. The first-order chi connectivity index (χ1) is 8.90. The summed E-state index contributed by atoms with van der Waals surface area (Å²) < 4.78 is 5.84. The van der Waals surface area contributed by atoms with Gasteiger partial charge in [-0.05, 0) is 55.3 Å². The van der Waals surface area contributed by atoms with Crippen LogP contribution in [0.25, 0.3) is 0 Å². The lowest BCUT2D eigenvalue weighted by atomic mass is 9.49. The van der Waals surface area contributed by atoms with Crippen LogP contribution in [0.15, 0.2) is 0 Å². The van der Waals surface area contributed by atoms with E-state index >= 15 is 0 Å². The van der Waals surface area contributed by atoms with Crippen LogP contribution in [-0.2, 0) is 4.74 Å². The second-order valence-electron chi connectivity index (χ2n) is 7.95. The summed E-state index contributed by atoms with van der Waals surface area (Å²) in [6.07, 6.45) is 6.31. The molecule has 6 atom stereocenters. The third-order valence-corrected chi connectivity index (χ3v) is 6.90. The predicted molar refractivity (Wildman–Crippen MR) is 73.7 cm³/mol. The van der Waals surface area contributed by atoms with Crippen molar-refractivity contribution in [3.8, 4) is 0 Å². The van der Waals surface area contributed by atoms with E-state index in [-0.39, 0.29) is 35.1 Å². The van der Waals surface area contributed by atoms with Crippen molar-refractivity contribution < 1.29 is 14.9 Å². The lowest BCUT2D eigenvalue weighted by Gasteiger charge is -2.58. The van der Waals surface area contributed by atoms with Gasteiger partial charge in [0.2, 0.25) is 0 Å². The fourth-order valence-corrected chi connectivity index (χ4v) is 5.83. The zero-order valence-electron chi connectivity index (χ0n) is 12.5. The van der Waals surface area contributed by atoms with Crippen molar-refractivity contribution in [1.82, 2.24) is 0 Å². The third kappa shape index (κ3) is 1.68. The fourth-order valence-electron chi connectivity index (χ4n) is 5.83. The largest absolute Gasteiger partial charge is 0.396 e. The zero-order valence-corrected chi connectivity index (χ0v) is 12.5. The summed E-state index contributed by atoms with van der Waals surface area (Å²) in [6, 6.07) is 0. The molecule has 0 amide bonds. The number of hydrogen-bond donors (Lipinski definition) is 2. The first kappa shape index (κ1) is 13.8. The number of aliphatic hydroxyl groups is 2. The van der Waals surface area contributed by atoms with Crippen LogP contribution in [0.5, 0.6) is 0 Å². The summed E-state index contributed by atoms with van der Waals surface area (Å²) in [5.74, 6) is 0.551. The minimum absolute atomic E-state index is 0.00426. The molecule has 3 aliphatic carbocycles. The molecule has 110 valence electrons. The van der Waals surface area contributed by atoms with Gasteiger partial charge in [0.05, 0.1) is 12.2 Å². The summed E-state index contributed by atoms with van der Waals surface area (Å²) >= 11 is 0. The molecular weight excluding hydrogens is 240 g/mol. The van der Waals surface area contributed by atoms with Gasteiger partial charge in [-0.15, -0.1) is 0 Å². The van der Waals surface area contributed by atoms with Crippen LogP contribution in [0, 0.1) is 22.2 Å². The Morgan fingerprint density at radius 1 is 1.21 bits per heavy atom. The average molecular weight is 268 g/mol. The Hall–Kier alpha value is -0.120. The minimum Gasteiger partial charge on any atom is -0.396 e. The Morgan fingerprint density at radius 3 is 2.58 bits per heavy atom. The quantitative estimate of drug-likeness (QED) is 0.808. The second-order valence-corrected chi connectivity index (χ2v) is 7.95. The van der Waals surface area contributed by atoms with E-state index in [1.54, 1.807) is 0 Å². The van der Waals surface area contributed by atoms with E-state index in [1.165, 1.54) is 0 Å². The molecule has 0 heterocycles. The number of hydrogen-bond acceptors (Lipinski definition) is 3. The lowest BCUT2D eigenvalue weighted by Crippen LogP contribution is -2.54. The minimum atomic E-state index is -0.155. The topological polar surface area (TPSA) is 49.7 Å². The van der Waals surface area contributed by atoms with Gasteiger partial charge in [-0.3, -0.25) is 0 Å². The van der Waals surface area contributed by atoms with Crippen LogP contribution in [-0.4, -0.2) is 36.1 Å². The van der Waals surface area contributed by atoms with Gasteiger partial charge < -0.3 is 14.9 Å². The van der Waals surface area contributed by atoms with Crippen LogP contribution in [0.2, 0.25) is 0 Å². The van der Waals surface area contributed by atoms with E-state index in [0.717, 1.165) is 38.5 Å². The maximum atomic E-state index is 10.4. The second kappa shape index (κ2) is 4.19. The molecule has 0 aromatic heterocycles. The van der Waals surface area contributed by atoms with E-state index < -0.39 is 0 Å². The SMILES string of the molecule is CO[C@H]1C[C@@](C)(CO)[C@@H]2CC[C@@]3(C)C[C@]12CC[C@H]3O. The van der Waals surface area contributed by atoms with Crippen molar-refractivity contribution in [2.75, 3.05) is 13.7 Å². The normalized spacial score (nSPS) is 57.0. The summed E-state index contributed by atoms with van der Waals surface area (Å²) in [5.41, 5.74) is 0.259. The number of fused-ring (bicyclic) bond motifs is 1. The molecule has 0 saturated heterocycles. The molecule has 3 saturated carbocycles. The Morgan fingerprint density at radius 2 is 1.95 bits per heavy atom. The number of ether oxygens (including phenoxy) is 1. The molecule has 0 aromatic rings. The number of aliphatic hydroxyl groups excluding tert-OH is 2. The highest BCUT2D eigenvalue weighted by atomic mass is 16.5. The molecule has 19 heavy (non-hydrogen) atoms. The average Bonchev–Trinajstić information content (AvgIpc) is 2.64. The summed E-state index contributed by atoms with van der Waals surface area (Å²) in [6.45, 7) is 4.74. The molecule has 0 aromatic carbocycles. The maximum Gasteiger partial charge on any atom is 0.0636 e. The van der Waals surface area contributed by atoms with E-state index in [1.807, 2.05) is 7.11 Å². The van der Waals surface area contributed by atoms with Gasteiger partial charge in [0.25, 0.3) is 0 Å². The number of methoxy groups -OCH3 is 1. The van der Waals surface area contributed by atoms with Gasteiger partial charge in [-0.25, -0.2) is 0 Å². The number of rotatable bonds is 2. The van der Waals surface area contributed by atoms with Crippen LogP contribution in [0.3, 0.4) is 0 Å². The Kier molecular flexibility index (Phi) is 3.05. The van der Waals surface area contributed by atoms with Gasteiger partial charge >= 0.3 is 0 Å². The van der Waals surface area contributed by atoms with Gasteiger partial charge in [0.15, 0.2) is 0 Å².